The number of hydrogen-bond acceptors (Lipinski definition) is 2. The molecule has 3 heteroatoms. The van der Waals surface area contributed by atoms with Crippen molar-refractivity contribution in [3.05, 3.63) is 47.7 Å². The quantitative estimate of drug-likeness (QED) is 0.591. The van der Waals surface area contributed by atoms with E-state index < -0.39 is 8.07 Å². The van der Waals surface area contributed by atoms with Gasteiger partial charge in [0, 0.05) is 0 Å². The summed E-state index contributed by atoms with van der Waals surface area (Å²) in [6.45, 7) is 8.33. The van der Waals surface area contributed by atoms with Gasteiger partial charge in [0.25, 0.3) is 0 Å². The van der Waals surface area contributed by atoms with Gasteiger partial charge in [-0.3, -0.25) is 0 Å². The van der Waals surface area contributed by atoms with E-state index in [1.807, 2.05) is 30.0 Å². The van der Waals surface area contributed by atoms with Crippen molar-refractivity contribution >= 4 is 14.0 Å². The van der Waals surface area contributed by atoms with Crippen molar-refractivity contribution in [2.75, 3.05) is 7.11 Å². The number of esters is 1. The largest absolute Gasteiger partial charge is 0.465 e. The molecule has 1 aromatic carbocycles. The van der Waals surface area contributed by atoms with Crippen molar-refractivity contribution in [1.29, 1.82) is 0 Å². The number of rotatable bonds is 4. The van der Waals surface area contributed by atoms with Crippen LogP contribution in [0.15, 0.2) is 36.5 Å². The van der Waals surface area contributed by atoms with Gasteiger partial charge in [0.15, 0.2) is 0 Å². The second-order valence-corrected chi connectivity index (χ2v) is 9.26. The number of benzene rings is 1. The number of ether oxygens (including phenoxy) is 1. The van der Waals surface area contributed by atoms with Crippen molar-refractivity contribution in [2.45, 2.75) is 19.1 Å². The fraction of sp³-hybridized carbons (Fsp3) is 0.308. The summed E-state index contributed by atoms with van der Waals surface area (Å²) < 4.78 is 4.78. The Bertz CT molecular complexity index is 397. The van der Waals surface area contributed by atoms with Crippen LogP contribution >= 0.6 is 0 Å². The van der Waals surface area contributed by atoms with Gasteiger partial charge in [-0.05, 0) is 17.7 Å². The van der Waals surface area contributed by atoms with E-state index in [0.717, 1.165) is 11.6 Å². The fourth-order valence-corrected chi connectivity index (χ4v) is 2.98. The molecule has 0 radical (unpaired) electrons. The van der Waals surface area contributed by atoms with E-state index in [2.05, 4.69) is 19.7 Å². The zero-order valence-corrected chi connectivity index (χ0v) is 11.1. The molecule has 1 rings (SSSR count). The smallest absolute Gasteiger partial charge is 0.338 e. The van der Waals surface area contributed by atoms with Gasteiger partial charge in [-0.2, -0.15) is 0 Å². The highest BCUT2D eigenvalue weighted by Gasteiger charge is 2.20. The molecule has 0 aromatic heterocycles. The first-order valence-electron chi connectivity index (χ1n) is 5.30. The maximum absolute atomic E-state index is 11.6. The average Bonchev–Trinajstić information content (AvgIpc) is 2.28. The van der Waals surface area contributed by atoms with Gasteiger partial charge >= 0.3 is 5.97 Å². The first kappa shape index (κ1) is 12.7. The summed E-state index contributed by atoms with van der Waals surface area (Å²) in [5, 5.41) is 0. The van der Waals surface area contributed by atoms with Gasteiger partial charge in [-0.25, -0.2) is 4.79 Å². The summed E-state index contributed by atoms with van der Waals surface area (Å²) in [7, 11) is -0.0401. The highest BCUT2D eigenvalue weighted by molar-refractivity contribution is 6.81. The Balaban J connectivity index is 3.04. The summed E-state index contributed by atoms with van der Waals surface area (Å²) in [6, 6.07) is 8.54. The van der Waals surface area contributed by atoms with Crippen LogP contribution in [0.3, 0.4) is 0 Å². The predicted molar refractivity (Wildman–Crippen MR) is 69.2 cm³/mol. The summed E-state index contributed by atoms with van der Waals surface area (Å²) >= 11 is 0. The molecule has 1 aromatic rings. The van der Waals surface area contributed by atoms with Crippen LogP contribution in [0.2, 0.25) is 13.1 Å². The Morgan fingerprint density at radius 1 is 1.44 bits per heavy atom. The lowest BCUT2D eigenvalue weighted by atomic mass is 10.1. The van der Waals surface area contributed by atoms with E-state index in [4.69, 9.17) is 4.74 Å². The van der Waals surface area contributed by atoms with Gasteiger partial charge in [0.1, 0.15) is 0 Å². The van der Waals surface area contributed by atoms with Crippen molar-refractivity contribution in [3.8, 4) is 0 Å². The highest BCUT2D eigenvalue weighted by atomic mass is 28.3. The predicted octanol–water partition coefficient (Wildman–Crippen LogP) is 2.99. The summed E-state index contributed by atoms with van der Waals surface area (Å²) in [5.41, 5.74) is 3.78. The second-order valence-electron chi connectivity index (χ2n) is 4.52. The van der Waals surface area contributed by atoms with E-state index in [1.165, 1.54) is 7.11 Å². The molecule has 0 bridgehead atoms. The van der Waals surface area contributed by atoms with Crippen molar-refractivity contribution in [3.63, 3.8) is 0 Å². The van der Waals surface area contributed by atoms with E-state index in [9.17, 15) is 4.79 Å². The number of methoxy groups -OCH3 is 1. The van der Waals surface area contributed by atoms with Crippen LogP contribution in [0.25, 0.3) is 0 Å². The number of carbonyl (C=O) groups is 1. The molecule has 16 heavy (non-hydrogen) atoms. The van der Waals surface area contributed by atoms with Gasteiger partial charge in [-0.1, -0.05) is 31.3 Å². The Morgan fingerprint density at radius 3 is 2.62 bits per heavy atom. The molecule has 0 aliphatic heterocycles. The number of carbonyl (C=O) groups excluding carboxylic acids is 1. The fourth-order valence-electron chi connectivity index (χ4n) is 1.55. The lowest BCUT2D eigenvalue weighted by Crippen LogP contribution is -2.27. The zero-order valence-electron chi connectivity index (χ0n) is 10.1. The lowest BCUT2D eigenvalue weighted by molar-refractivity contribution is 0.0600. The van der Waals surface area contributed by atoms with Crippen LogP contribution in [0.4, 0.5) is 0 Å². The third-order valence-electron chi connectivity index (χ3n) is 2.62. The maximum atomic E-state index is 11.6. The molecular weight excluding hydrogens is 216 g/mol. The topological polar surface area (TPSA) is 26.3 Å². The van der Waals surface area contributed by atoms with Crippen LogP contribution in [0, 0.1) is 0 Å². The molecule has 0 saturated heterocycles. The Labute approximate surface area is 98.0 Å². The lowest BCUT2D eigenvalue weighted by Gasteiger charge is -2.18. The van der Waals surface area contributed by atoms with Gasteiger partial charge < -0.3 is 4.74 Å². The monoisotopic (exact) mass is 234 g/mol. The van der Waals surface area contributed by atoms with Crippen LogP contribution in [0.1, 0.15) is 15.9 Å². The molecule has 0 unspecified atom stereocenters. The second kappa shape index (κ2) is 5.12. The molecule has 0 atom stereocenters. The summed E-state index contributed by atoms with van der Waals surface area (Å²) in [6.07, 6.45) is 0. The molecule has 0 N–H and O–H groups in total. The van der Waals surface area contributed by atoms with E-state index in [0.29, 0.717) is 5.56 Å². The van der Waals surface area contributed by atoms with Crippen molar-refractivity contribution in [1.82, 2.24) is 0 Å². The SMILES string of the molecule is C=C[Si](C)(C)Cc1ccccc1C(=O)OC. The third-order valence-corrected chi connectivity index (χ3v) is 5.02. The Hall–Kier alpha value is -1.35. The minimum Gasteiger partial charge on any atom is -0.465 e. The van der Waals surface area contributed by atoms with Crippen LogP contribution in [0.5, 0.6) is 0 Å². The first-order chi connectivity index (χ1) is 7.50. The summed E-state index contributed by atoms with van der Waals surface area (Å²) in [4.78, 5) is 11.6. The summed E-state index contributed by atoms with van der Waals surface area (Å²) in [5.74, 6) is -0.260. The molecule has 0 aliphatic rings. The third kappa shape index (κ3) is 3.07. The zero-order chi connectivity index (χ0) is 12.2. The molecule has 0 heterocycles. The van der Waals surface area contributed by atoms with Crippen LogP contribution < -0.4 is 0 Å². The molecule has 0 amide bonds. The van der Waals surface area contributed by atoms with Gasteiger partial charge in [0.05, 0.1) is 20.7 Å². The number of hydrogen-bond donors (Lipinski definition) is 0. The van der Waals surface area contributed by atoms with Crippen LogP contribution in [-0.2, 0) is 10.8 Å². The highest BCUT2D eigenvalue weighted by Crippen LogP contribution is 2.17. The maximum Gasteiger partial charge on any atom is 0.338 e. The van der Waals surface area contributed by atoms with Crippen molar-refractivity contribution in [2.24, 2.45) is 0 Å². The molecule has 86 valence electrons. The van der Waals surface area contributed by atoms with E-state index in [1.54, 1.807) is 0 Å². The minimum absolute atomic E-state index is 0.260. The Morgan fingerprint density at radius 2 is 2.06 bits per heavy atom. The van der Waals surface area contributed by atoms with E-state index in [-0.39, 0.29) is 5.97 Å². The molecule has 0 aliphatic carbocycles. The first-order valence-corrected chi connectivity index (χ1v) is 8.58. The molecule has 0 spiro atoms. The minimum atomic E-state index is -1.45. The van der Waals surface area contributed by atoms with E-state index >= 15 is 0 Å². The normalized spacial score (nSPS) is 10.9. The molecular formula is C13H18O2Si. The Kier molecular flexibility index (Phi) is 4.07. The standard InChI is InChI=1S/C13H18O2Si/c1-5-16(3,4)10-11-8-6-7-9-12(11)13(14)15-2/h5-9H,1,10H2,2-4H3. The van der Waals surface area contributed by atoms with Gasteiger partial charge in [-0.15, -0.1) is 12.3 Å². The molecule has 0 saturated carbocycles. The molecule has 0 fully saturated rings. The van der Waals surface area contributed by atoms with Crippen molar-refractivity contribution < 1.29 is 9.53 Å². The average molecular weight is 234 g/mol. The molecule has 2 nitrogen and oxygen atoms in total. The van der Waals surface area contributed by atoms with Crippen LogP contribution in [-0.4, -0.2) is 21.2 Å². The van der Waals surface area contributed by atoms with Gasteiger partial charge in [0.2, 0.25) is 0 Å².